The van der Waals surface area contributed by atoms with Crippen LogP contribution < -0.4 is 0 Å². The summed E-state index contributed by atoms with van der Waals surface area (Å²) in [5.41, 5.74) is -0.890. The fraction of sp³-hybridized carbons (Fsp3) is 0.581. The normalized spacial score (nSPS) is 28.8. The molecule has 0 radical (unpaired) electrons. The number of nitrogens with zero attached hydrogens (tertiary/aromatic N) is 3. The first-order valence-electron chi connectivity index (χ1n) is 14.3. The summed E-state index contributed by atoms with van der Waals surface area (Å²) < 4.78 is 6.88. The van der Waals surface area contributed by atoms with Crippen molar-refractivity contribution >= 4 is 17.7 Å². The van der Waals surface area contributed by atoms with Gasteiger partial charge < -0.3 is 24.5 Å². The van der Waals surface area contributed by atoms with Crippen molar-refractivity contribution in [2.45, 2.75) is 69.7 Å². The molecule has 0 aliphatic carbocycles. The van der Waals surface area contributed by atoms with Crippen molar-refractivity contribution in [3.63, 3.8) is 0 Å². The quantitative estimate of drug-likeness (QED) is 0.368. The van der Waals surface area contributed by atoms with Crippen LogP contribution in [0.2, 0.25) is 0 Å². The molecule has 0 aromatic heterocycles. The molecule has 3 fully saturated rings. The molecule has 4 rings (SSSR count). The van der Waals surface area contributed by atoms with E-state index in [4.69, 9.17) is 4.74 Å². The highest BCUT2D eigenvalue weighted by Gasteiger charge is 2.78. The van der Waals surface area contributed by atoms with Gasteiger partial charge in [-0.3, -0.25) is 14.4 Å². The number of carbonyl (C=O) groups excluding carboxylic acids is 3. The summed E-state index contributed by atoms with van der Waals surface area (Å²) in [5.74, 6) is -1.92. The van der Waals surface area contributed by atoms with Crippen molar-refractivity contribution in [1.29, 1.82) is 0 Å². The molecule has 8 heteroatoms. The summed E-state index contributed by atoms with van der Waals surface area (Å²) in [7, 11) is 0. The van der Waals surface area contributed by atoms with Gasteiger partial charge in [0.1, 0.15) is 11.6 Å². The van der Waals surface area contributed by atoms with E-state index >= 15 is 0 Å². The van der Waals surface area contributed by atoms with Gasteiger partial charge in [-0.25, -0.2) is 0 Å². The SMILES string of the molecule is C=CCN(Cc1ccccc1)C(=O)C1N(CCCO)C(=O)[C@@H]2[C@@H](C(=O)N(CC=C)CCC)[C@@]3(CC)CCC12O3. The number of amides is 3. The maximum Gasteiger partial charge on any atom is 0.248 e. The third-order valence-electron chi connectivity index (χ3n) is 8.77. The molecule has 1 aromatic rings. The molecule has 3 aliphatic heterocycles. The van der Waals surface area contributed by atoms with Crippen LogP contribution in [-0.4, -0.2) is 87.6 Å². The second-order valence-corrected chi connectivity index (χ2v) is 11.0. The van der Waals surface area contributed by atoms with Gasteiger partial charge in [0.25, 0.3) is 0 Å². The number of rotatable bonds is 14. The minimum atomic E-state index is -1.08. The molecule has 1 aromatic carbocycles. The predicted octanol–water partition coefficient (Wildman–Crippen LogP) is 3.16. The Labute approximate surface area is 232 Å². The van der Waals surface area contributed by atoms with E-state index in [9.17, 15) is 19.5 Å². The van der Waals surface area contributed by atoms with Gasteiger partial charge in [-0.15, -0.1) is 13.2 Å². The minimum Gasteiger partial charge on any atom is -0.396 e. The highest BCUT2D eigenvalue weighted by molar-refractivity contribution is 5.99. The van der Waals surface area contributed by atoms with E-state index in [1.807, 2.05) is 44.2 Å². The third-order valence-corrected chi connectivity index (χ3v) is 8.77. The number of ether oxygens (including phenoxy) is 1. The fourth-order valence-electron chi connectivity index (χ4n) is 7.13. The summed E-state index contributed by atoms with van der Waals surface area (Å²) >= 11 is 0. The zero-order chi connectivity index (χ0) is 28.2. The lowest BCUT2D eigenvalue weighted by molar-refractivity contribution is -0.155. The fourth-order valence-corrected chi connectivity index (χ4v) is 7.13. The van der Waals surface area contributed by atoms with Crippen molar-refractivity contribution in [3.05, 3.63) is 61.2 Å². The molecule has 8 nitrogen and oxygen atoms in total. The molecular formula is C31H43N3O5. The molecular weight excluding hydrogens is 494 g/mol. The van der Waals surface area contributed by atoms with Gasteiger partial charge in [0.05, 0.1) is 17.4 Å². The Morgan fingerprint density at radius 3 is 2.41 bits per heavy atom. The number of hydrogen-bond donors (Lipinski definition) is 1. The van der Waals surface area contributed by atoms with Crippen molar-refractivity contribution in [3.8, 4) is 0 Å². The Hall–Kier alpha value is -2.97. The Morgan fingerprint density at radius 1 is 1.10 bits per heavy atom. The Balaban J connectivity index is 1.77. The second kappa shape index (κ2) is 12.0. The highest BCUT2D eigenvalue weighted by Crippen LogP contribution is 2.64. The minimum absolute atomic E-state index is 0.0963. The van der Waals surface area contributed by atoms with E-state index in [-0.39, 0.29) is 30.9 Å². The predicted molar refractivity (Wildman–Crippen MR) is 149 cm³/mol. The van der Waals surface area contributed by atoms with E-state index in [0.29, 0.717) is 51.9 Å². The lowest BCUT2D eigenvalue weighted by atomic mass is 9.64. The number of carbonyl (C=O) groups is 3. The smallest absolute Gasteiger partial charge is 0.248 e. The van der Waals surface area contributed by atoms with Crippen LogP contribution in [0.4, 0.5) is 0 Å². The Kier molecular flexibility index (Phi) is 8.96. The first-order chi connectivity index (χ1) is 18.8. The van der Waals surface area contributed by atoms with Crippen LogP contribution >= 0.6 is 0 Å². The second-order valence-electron chi connectivity index (χ2n) is 11.0. The summed E-state index contributed by atoms with van der Waals surface area (Å²) in [5, 5.41) is 9.62. The number of hydrogen-bond acceptors (Lipinski definition) is 5. The molecule has 3 heterocycles. The Morgan fingerprint density at radius 2 is 1.79 bits per heavy atom. The molecule has 1 N–H and O–H groups in total. The van der Waals surface area contributed by atoms with Gasteiger partial charge in [0.15, 0.2) is 0 Å². The topological polar surface area (TPSA) is 90.4 Å². The first-order valence-corrected chi connectivity index (χ1v) is 14.3. The first kappa shape index (κ1) is 29.0. The highest BCUT2D eigenvalue weighted by atomic mass is 16.5. The standard InChI is InChI=1S/C31H43N3O5/c1-5-17-32(18-6-2)27(36)24-25-28(37)34(20-12-21-35)26(31(25)16-15-30(24,8-4)39-31)29(38)33(19-7-3)22-23-13-10-9-11-14-23/h5,7,9-11,13-14,24-26,35H,1,3,6,8,12,15-22H2,2,4H3/t24-,25-,26?,30+,31?/m0/s1. The molecule has 1 spiro atoms. The lowest BCUT2D eigenvalue weighted by Gasteiger charge is -2.37. The van der Waals surface area contributed by atoms with Crippen molar-refractivity contribution < 1.29 is 24.2 Å². The van der Waals surface area contributed by atoms with Crippen molar-refractivity contribution in [1.82, 2.24) is 14.7 Å². The Bertz CT molecular complexity index is 1080. The number of fused-ring (bicyclic) bond motifs is 1. The number of benzene rings is 1. The average molecular weight is 538 g/mol. The van der Waals surface area contributed by atoms with Gasteiger partial charge in [0, 0.05) is 39.3 Å². The van der Waals surface area contributed by atoms with E-state index in [1.165, 1.54) is 0 Å². The van der Waals surface area contributed by atoms with Gasteiger partial charge in [-0.1, -0.05) is 56.3 Å². The van der Waals surface area contributed by atoms with Crippen LogP contribution in [0.15, 0.2) is 55.6 Å². The molecule has 3 saturated heterocycles. The maximum atomic E-state index is 14.4. The molecule has 2 bridgehead atoms. The largest absolute Gasteiger partial charge is 0.396 e. The lowest BCUT2D eigenvalue weighted by Crippen LogP contribution is -2.56. The van der Waals surface area contributed by atoms with Crippen LogP contribution in [0.25, 0.3) is 0 Å². The molecule has 5 atom stereocenters. The number of aliphatic hydroxyl groups is 1. The van der Waals surface area contributed by atoms with Crippen LogP contribution in [-0.2, 0) is 25.7 Å². The zero-order valence-electron chi connectivity index (χ0n) is 23.4. The van der Waals surface area contributed by atoms with Crippen LogP contribution in [0, 0.1) is 11.8 Å². The third kappa shape index (κ3) is 4.93. The molecule has 39 heavy (non-hydrogen) atoms. The van der Waals surface area contributed by atoms with Crippen LogP contribution in [0.1, 0.15) is 51.5 Å². The van der Waals surface area contributed by atoms with Crippen molar-refractivity contribution in [2.24, 2.45) is 11.8 Å². The number of likely N-dealkylation sites (tertiary alicyclic amines) is 1. The van der Waals surface area contributed by atoms with Gasteiger partial charge in [0.2, 0.25) is 17.7 Å². The zero-order valence-corrected chi connectivity index (χ0v) is 23.4. The van der Waals surface area contributed by atoms with Gasteiger partial charge >= 0.3 is 0 Å². The summed E-state index contributed by atoms with van der Waals surface area (Å²) in [6.07, 6.45) is 6.27. The molecule has 3 aliphatic rings. The van der Waals surface area contributed by atoms with Crippen LogP contribution in [0.3, 0.4) is 0 Å². The maximum absolute atomic E-state index is 14.4. The van der Waals surface area contributed by atoms with Crippen LogP contribution in [0.5, 0.6) is 0 Å². The molecule has 212 valence electrons. The van der Waals surface area contributed by atoms with Gasteiger partial charge in [-0.05, 0) is 37.7 Å². The van der Waals surface area contributed by atoms with E-state index in [0.717, 1.165) is 12.0 Å². The number of aliphatic hydroxyl groups excluding tert-OH is 1. The molecule has 0 saturated carbocycles. The van der Waals surface area contributed by atoms with E-state index in [2.05, 4.69) is 13.2 Å². The average Bonchev–Trinajstić information content (AvgIpc) is 3.55. The summed E-state index contributed by atoms with van der Waals surface area (Å²) in [6, 6.07) is 8.86. The van der Waals surface area contributed by atoms with E-state index in [1.54, 1.807) is 26.9 Å². The molecule has 3 amide bonds. The van der Waals surface area contributed by atoms with Gasteiger partial charge in [-0.2, -0.15) is 0 Å². The monoisotopic (exact) mass is 537 g/mol. The van der Waals surface area contributed by atoms with Crippen molar-refractivity contribution in [2.75, 3.05) is 32.8 Å². The summed E-state index contributed by atoms with van der Waals surface area (Å²) in [4.78, 5) is 47.8. The van der Waals surface area contributed by atoms with E-state index < -0.39 is 29.1 Å². The summed E-state index contributed by atoms with van der Waals surface area (Å²) in [6.45, 7) is 13.5. The molecule has 2 unspecified atom stereocenters.